The summed E-state index contributed by atoms with van der Waals surface area (Å²) in [6.45, 7) is 3.22. The van der Waals surface area contributed by atoms with E-state index in [-0.39, 0.29) is 6.71 Å². The third-order valence-electron chi connectivity index (χ3n) is 13.4. The molecule has 9 aromatic carbocycles. The lowest BCUT2D eigenvalue weighted by atomic mass is 9.33. The van der Waals surface area contributed by atoms with Gasteiger partial charge in [-0.3, -0.25) is 0 Å². The number of fused-ring (bicyclic) bond motifs is 11. The van der Waals surface area contributed by atoms with Gasteiger partial charge in [-0.2, -0.15) is 0 Å². The number of rotatable bonds is 4. The number of ether oxygens (including phenoxy) is 2. The molecule has 11 aromatic rings. The smallest absolute Gasteiger partial charge is 0.252 e. The standard InChI is InChI=1S/C57H37BN2O2S2/c1-34-27-49-57-50(28-34)60(39-9-3-2-4-10-39)48-33-52-51(61-25-26-62-52)32-46(48)58(57)45-29-36(38-18-23-44-42-12-6-8-14-54(42)64-56(44)31-38)19-24-47(45)59(49)40-20-15-35(16-21-40)37-17-22-43-41-11-5-7-13-53(41)63-55(43)30-37/h2-24,27-33H,25-26H2,1H3. The minimum absolute atomic E-state index is 0.0667. The van der Waals surface area contributed by atoms with E-state index in [9.17, 15) is 0 Å². The van der Waals surface area contributed by atoms with Crippen LogP contribution in [-0.4, -0.2) is 19.9 Å². The second-order valence-electron chi connectivity index (χ2n) is 17.1. The lowest BCUT2D eigenvalue weighted by Crippen LogP contribution is -2.61. The lowest BCUT2D eigenvalue weighted by molar-refractivity contribution is 0.172. The summed E-state index contributed by atoms with van der Waals surface area (Å²) < 4.78 is 17.9. The van der Waals surface area contributed by atoms with Crippen LogP contribution in [0, 0.1) is 6.92 Å². The van der Waals surface area contributed by atoms with Gasteiger partial charge in [0, 0.05) is 80.5 Å². The molecule has 0 unspecified atom stereocenters. The number of para-hydroxylation sites is 1. The minimum atomic E-state index is -0.0667. The number of aryl methyl sites for hydroxylation is 1. The lowest BCUT2D eigenvalue weighted by Gasteiger charge is -2.44. The molecule has 4 nitrogen and oxygen atoms in total. The first-order valence-corrected chi connectivity index (χ1v) is 23.6. The Morgan fingerprint density at radius 2 is 0.906 bits per heavy atom. The number of hydrogen-bond acceptors (Lipinski definition) is 6. The average Bonchev–Trinajstić information content (AvgIpc) is 3.91. The fourth-order valence-electron chi connectivity index (χ4n) is 10.6. The van der Waals surface area contributed by atoms with E-state index in [4.69, 9.17) is 9.47 Å². The van der Waals surface area contributed by atoms with Crippen molar-refractivity contribution in [3.8, 4) is 33.8 Å². The van der Waals surface area contributed by atoms with Crippen molar-refractivity contribution in [1.82, 2.24) is 0 Å². The monoisotopic (exact) mass is 856 g/mol. The number of anilines is 6. The number of nitrogens with zero attached hydrogens (tertiary/aromatic N) is 2. The van der Waals surface area contributed by atoms with E-state index in [1.54, 1.807) is 0 Å². The normalized spacial score (nSPS) is 13.7. The molecule has 14 rings (SSSR count). The first kappa shape index (κ1) is 36.2. The van der Waals surface area contributed by atoms with Crippen LogP contribution in [0.15, 0.2) is 182 Å². The van der Waals surface area contributed by atoms with Crippen molar-refractivity contribution < 1.29 is 9.47 Å². The highest BCUT2D eigenvalue weighted by Gasteiger charge is 2.44. The van der Waals surface area contributed by atoms with Gasteiger partial charge in [0.15, 0.2) is 11.5 Å². The Hall–Kier alpha value is -7.32. The molecule has 0 aliphatic carbocycles. The van der Waals surface area contributed by atoms with E-state index < -0.39 is 0 Å². The fourth-order valence-corrected chi connectivity index (χ4v) is 12.9. The molecule has 3 aliphatic heterocycles. The number of benzene rings is 9. The van der Waals surface area contributed by atoms with Crippen molar-refractivity contribution in [3.63, 3.8) is 0 Å². The largest absolute Gasteiger partial charge is 0.486 e. The van der Waals surface area contributed by atoms with Crippen molar-refractivity contribution in [2.45, 2.75) is 6.92 Å². The Morgan fingerprint density at radius 1 is 0.406 bits per heavy atom. The Kier molecular flexibility index (Phi) is 7.83. The van der Waals surface area contributed by atoms with Crippen LogP contribution >= 0.6 is 22.7 Å². The maximum Gasteiger partial charge on any atom is 0.252 e. The first-order chi connectivity index (χ1) is 31.6. The predicted octanol–water partition coefficient (Wildman–Crippen LogP) is 13.9. The molecular formula is C57H37BN2O2S2. The van der Waals surface area contributed by atoms with Crippen molar-refractivity contribution in [2.24, 2.45) is 0 Å². The summed E-state index contributed by atoms with van der Waals surface area (Å²) >= 11 is 3.74. The minimum Gasteiger partial charge on any atom is -0.486 e. The summed E-state index contributed by atoms with van der Waals surface area (Å²) in [5.41, 5.74) is 16.7. The van der Waals surface area contributed by atoms with Crippen LogP contribution in [0.25, 0.3) is 62.6 Å². The summed E-state index contributed by atoms with van der Waals surface area (Å²) in [5.74, 6) is 1.59. The molecule has 7 heteroatoms. The van der Waals surface area contributed by atoms with Crippen LogP contribution in [0.2, 0.25) is 0 Å². The van der Waals surface area contributed by atoms with E-state index in [1.807, 2.05) is 22.7 Å². The predicted molar refractivity (Wildman–Crippen MR) is 273 cm³/mol. The van der Waals surface area contributed by atoms with Gasteiger partial charge in [0.25, 0.3) is 6.71 Å². The molecule has 2 aromatic heterocycles. The maximum absolute atomic E-state index is 6.35. The molecule has 0 N–H and O–H groups in total. The first-order valence-electron chi connectivity index (χ1n) is 21.9. The average molecular weight is 857 g/mol. The molecule has 0 radical (unpaired) electrons. The van der Waals surface area contributed by atoms with Gasteiger partial charge in [-0.25, -0.2) is 0 Å². The SMILES string of the molecule is Cc1cc2c3c(c1)N(c1ccccc1)c1cc4c(cc1B3c1cc(-c3ccc5c(c3)sc3ccccc35)ccc1N2c1ccc(-c2ccc3c(c2)sc2ccccc23)cc1)OCCO4. The van der Waals surface area contributed by atoms with Crippen molar-refractivity contribution >= 4 is 120 Å². The zero-order chi connectivity index (χ0) is 42.0. The summed E-state index contributed by atoms with van der Waals surface area (Å²) in [5, 5.41) is 5.27. The van der Waals surface area contributed by atoms with Gasteiger partial charge >= 0.3 is 0 Å². The van der Waals surface area contributed by atoms with E-state index in [1.165, 1.54) is 102 Å². The van der Waals surface area contributed by atoms with Crippen LogP contribution in [0.5, 0.6) is 11.5 Å². The van der Waals surface area contributed by atoms with Crippen LogP contribution < -0.4 is 35.7 Å². The second-order valence-corrected chi connectivity index (χ2v) is 19.3. The second kappa shape index (κ2) is 13.8. The van der Waals surface area contributed by atoms with E-state index >= 15 is 0 Å². The van der Waals surface area contributed by atoms with E-state index in [0.717, 1.165) is 28.6 Å². The highest BCUT2D eigenvalue weighted by molar-refractivity contribution is 7.26. The topological polar surface area (TPSA) is 24.9 Å². The summed E-state index contributed by atoms with van der Waals surface area (Å²) in [7, 11) is 0. The van der Waals surface area contributed by atoms with Crippen LogP contribution in [0.1, 0.15) is 5.56 Å². The van der Waals surface area contributed by atoms with Gasteiger partial charge in [-0.1, -0.05) is 103 Å². The molecule has 0 atom stereocenters. The highest BCUT2D eigenvalue weighted by Crippen LogP contribution is 2.48. The van der Waals surface area contributed by atoms with Crippen molar-refractivity contribution in [3.05, 3.63) is 188 Å². The van der Waals surface area contributed by atoms with Crippen LogP contribution in [0.4, 0.5) is 34.1 Å². The molecule has 0 saturated heterocycles. The number of thiophene rings is 2. The zero-order valence-electron chi connectivity index (χ0n) is 34.8. The third-order valence-corrected chi connectivity index (χ3v) is 15.7. The van der Waals surface area contributed by atoms with Crippen LogP contribution in [-0.2, 0) is 0 Å². The van der Waals surface area contributed by atoms with Gasteiger partial charge in [0.05, 0.1) is 0 Å². The summed E-state index contributed by atoms with van der Waals surface area (Å²) in [6.07, 6.45) is 0. The quantitative estimate of drug-likeness (QED) is 0.165. The van der Waals surface area contributed by atoms with Gasteiger partial charge in [0.2, 0.25) is 0 Å². The highest BCUT2D eigenvalue weighted by atomic mass is 32.1. The molecule has 0 amide bonds. The number of hydrogen-bond donors (Lipinski definition) is 0. The molecule has 0 spiro atoms. The molecule has 3 aliphatic rings. The Bertz CT molecular complexity index is 3730. The van der Waals surface area contributed by atoms with Crippen LogP contribution in [0.3, 0.4) is 0 Å². The maximum atomic E-state index is 6.35. The van der Waals surface area contributed by atoms with Gasteiger partial charge in [-0.05, 0) is 124 Å². The molecule has 5 heterocycles. The fraction of sp³-hybridized carbons (Fsp3) is 0.0526. The van der Waals surface area contributed by atoms with Crippen molar-refractivity contribution in [2.75, 3.05) is 23.0 Å². The van der Waals surface area contributed by atoms with Gasteiger partial charge in [-0.15, -0.1) is 22.7 Å². The van der Waals surface area contributed by atoms with Crippen molar-refractivity contribution in [1.29, 1.82) is 0 Å². The Labute approximate surface area is 378 Å². The van der Waals surface area contributed by atoms with E-state index in [0.29, 0.717) is 13.2 Å². The van der Waals surface area contributed by atoms with Gasteiger partial charge < -0.3 is 19.3 Å². The Balaban J connectivity index is 0.981. The molecule has 0 bridgehead atoms. The molecule has 0 fully saturated rings. The zero-order valence-corrected chi connectivity index (χ0v) is 36.5. The molecule has 0 saturated carbocycles. The van der Waals surface area contributed by atoms with Gasteiger partial charge in [0.1, 0.15) is 13.2 Å². The summed E-state index contributed by atoms with van der Waals surface area (Å²) in [6, 6.07) is 67.7. The molecule has 64 heavy (non-hydrogen) atoms. The third kappa shape index (κ3) is 5.41. The molecule has 302 valence electrons. The summed E-state index contributed by atoms with van der Waals surface area (Å²) in [4.78, 5) is 4.94. The van der Waals surface area contributed by atoms with E-state index in [2.05, 4.69) is 199 Å². The molecular weight excluding hydrogens is 820 g/mol. The Morgan fingerprint density at radius 3 is 1.58 bits per heavy atom.